The smallest absolute Gasteiger partial charge is 0.337 e. The van der Waals surface area contributed by atoms with Gasteiger partial charge in [0.2, 0.25) is 0 Å². The third-order valence-electron chi connectivity index (χ3n) is 3.10. The van der Waals surface area contributed by atoms with Crippen molar-refractivity contribution in [1.29, 1.82) is 0 Å². The molecule has 0 bridgehead atoms. The molecule has 1 unspecified atom stereocenters. The molecule has 2 N–H and O–H groups in total. The monoisotopic (exact) mass is 250 g/mol. The van der Waals surface area contributed by atoms with E-state index in [0.29, 0.717) is 5.56 Å². The van der Waals surface area contributed by atoms with Crippen molar-refractivity contribution in [3.8, 4) is 0 Å². The molecular weight excluding hydrogens is 228 g/mol. The van der Waals surface area contributed by atoms with E-state index in [1.54, 1.807) is 12.1 Å². The van der Waals surface area contributed by atoms with E-state index in [9.17, 15) is 9.90 Å². The maximum atomic E-state index is 10.6. The summed E-state index contributed by atoms with van der Waals surface area (Å²) in [6.45, 7) is 2.20. The van der Waals surface area contributed by atoms with Gasteiger partial charge in [0.15, 0.2) is 6.10 Å². The Balaban J connectivity index is 2.38. The number of aliphatic hydroxyl groups is 1. The number of aliphatic carboxylic acids is 1. The normalized spacial score (nSPS) is 12.3. The molecule has 0 aliphatic carbocycles. The molecule has 1 aromatic rings. The Labute approximate surface area is 108 Å². The third kappa shape index (κ3) is 4.88. The second kappa shape index (κ2) is 7.88. The van der Waals surface area contributed by atoms with Crippen LogP contribution < -0.4 is 0 Å². The van der Waals surface area contributed by atoms with Crippen LogP contribution in [0.25, 0.3) is 0 Å². The minimum atomic E-state index is -1.41. The third-order valence-corrected chi connectivity index (χ3v) is 3.10. The Bertz CT molecular complexity index is 357. The Kier molecular flexibility index (Phi) is 6.44. The molecule has 100 valence electrons. The van der Waals surface area contributed by atoms with E-state index in [0.717, 1.165) is 6.42 Å². The van der Waals surface area contributed by atoms with E-state index in [2.05, 4.69) is 6.92 Å². The van der Waals surface area contributed by atoms with Gasteiger partial charge in [0.05, 0.1) is 0 Å². The first-order valence-electron chi connectivity index (χ1n) is 6.65. The standard InChI is InChI=1S/C15H22O3/c1-2-3-4-5-6-7-12-8-10-13(11-9-12)14(16)15(17)18/h8-11,14,16H,2-7H2,1H3,(H,17,18). The fourth-order valence-corrected chi connectivity index (χ4v) is 1.94. The number of aryl methyl sites for hydroxylation is 1. The van der Waals surface area contributed by atoms with Gasteiger partial charge in [0, 0.05) is 0 Å². The summed E-state index contributed by atoms with van der Waals surface area (Å²) in [5.74, 6) is -1.21. The van der Waals surface area contributed by atoms with E-state index in [1.807, 2.05) is 12.1 Å². The van der Waals surface area contributed by atoms with Gasteiger partial charge in [-0.05, 0) is 24.0 Å². The zero-order valence-electron chi connectivity index (χ0n) is 10.9. The molecule has 0 aromatic heterocycles. The predicted molar refractivity (Wildman–Crippen MR) is 71.5 cm³/mol. The van der Waals surface area contributed by atoms with Gasteiger partial charge in [0.25, 0.3) is 0 Å². The predicted octanol–water partition coefficient (Wildman–Crippen LogP) is 3.32. The zero-order chi connectivity index (χ0) is 13.4. The van der Waals surface area contributed by atoms with Crippen LogP contribution in [0.5, 0.6) is 0 Å². The van der Waals surface area contributed by atoms with Crippen LogP contribution >= 0.6 is 0 Å². The summed E-state index contributed by atoms with van der Waals surface area (Å²) in [6, 6.07) is 7.20. The lowest BCUT2D eigenvalue weighted by Gasteiger charge is -2.07. The summed E-state index contributed by atoms with van der Waals surface area (Å²) in [5, 5.41) is 18.0. The number of rotatable bonds is 8. The number of hydrogen-bond donors (Lipinski definition) is 2. The molecule has 1 aromatic carbocycles. The molecule has 3 nitrogen and oxygen atoms in total. The summed E-state index contributed by atoms with van der Waals surface area (Å²) >= 11 is 0. The summed E-state index contributed by atoms with van der Waals surface area (Å²) in [6.07, 6.45) is 5.85. The zero-order valence-corrected chi connectivity index (χ0v) is 10.9. The topological polar surface area (TPSA) is 57.5 Å². The van der Waals surface area contributed by atoms with Crippen molar-refractivity contribution in [1.82, 2.24) is 0 Å². The molecule has 3 heteroatoms. The highest BCUT2D eigenvalue weighted by atomic mass is 16.4. The largest absolute Gasteiger partial charge is 0.479 e. The van der Waals surface area contributed by atoms with Crippen molar-refractivity contribution in [2.24, 2.45) is 0 Å². The molecule has 0 aliphatic heterocycles. The minimum Gasteiger partial charge on any atom is -0.479 e. The number of carbonyl (C=O) groups is 1. The van der Waals surface area contributed by atoms with Crippen LogP contribution in [0.15, 0.2) is 24.3 Å². The summed E-state index contributed by atoms with van der Waals surface area (Å²) in [7, 11) is 0. The number of unbranched alkanes of at least 4 members (excludes halogenated alkanes) is 4. The lowest BCUT2D eigenvalue weighted by molar-refractivity contribution is -0.146. The van der Waals surface area contributed by atoms with E-state index in [4.69, 9.17) is 5.11 Å². The van der Waals surface area contributed by atoms with Crippen LogP contribution in [0.3, 0.4) is 0 Å². The highest BCUT2D eigenvalue weighted by molar-refractivity contribution is 5.73. The minimum absolute atomic E-state index is 0.442. The maximum absolute atomic E-state index is 10.6. The second-order valence-corrected chi connectivity index (χ2v) is 4.65. The summed E-state index contributed by atoms with van der Waals surface area (Å²) in [5.41, 5.74) is 1.64. The van der Waals surface area contributed by atoms with Gasteiger partial charge in [0.1, 0.15) is 0 Å². The molecule has 0 saturated heterocycles. The molecule has 1 atom stereocenters. The molecule has 18 heavy (non-hydrogen) atoms. The molecule has 0 aliphatic rings. The van der Waals surface area contributed by atoms with Crippen molar-refractivity contribution in [3.05, 3.63) is 35.4 Å². The highest BCUT2D eigenvalue weighted by Gasteiger charge is 2.14. The van der Waals surface area contributed by atoms with Crippen LogP contribution in [0.4, 0.5) is 0 Å². The van der Waals surface area contributed by atoms with E-state index >= 15 is 0 Å². The van der Waals surface area contributed by atoms with Crippen molar-refractivity contribution in [2.75, 3.05) is 0 Å². The second-order valence-electron chi connectivity index (χ2n) is 4.65. The number of carboxylic acids is 1. The van der Waals surface area contributed by atoms with Crippen molar-refractivity contribution in [3.63, 3.8) is 0 Å². The van der Waals surface area contributed by atoms with Gasteiger partial charge in [-0.3, -0.25) is 0 Å². The van der Waals surface area contributed by atoms with E-state index in [-0.39, 0.29) is 0 Å². The first-order chi connectivity index (χ1) is 8.65. The van der Waals surface area contributed by atoms with Gasteiger partial charge >= 0.3 is 5.97 Å². The molecule has 0 radical (unpaired) electrons. The van der Waals surface area contributed by atoms with Crippen LogP contribution in [0.1, 0.15) is 56.3 Å². The van der Waals surface area contributed by atoms with E-state index < -0.39 is 12.1 Å². The SMILES string of the molecule is CCCCCCCc1ccc(C(O)C(=O)O)cc1. The molecule has 0 fully saturated rings. The van der Waals surface area contributed by atoms with Gasteiger partial charge in [-0.1, -0.05) is 56.9 Å². The summed E-state index contributed by atoms with van der Waals surface area (Å²) in [4.78, 5) is 10.6. The van der Waals surface area contributed by atoms with Gasteiger partial charge in [-0.15, -0.1) is 0 Å². The Hall–Kier alpha value is -1.35. The first-order valence-corrected chi connectivity index (χ1v) is 6.65. The Morgan fingerprint density at radius 2 is 1.72 bits per heavy atom. The van der Waals surface area contributed by atoms with Crippen LogP contribution in [-0.2, 0) is 11.2 Å². The first kappa shape index (κ1) is 14.7. The molecule has 0 heterocycles. The highest BCUT2D eigenvalue weighted by Crippen LogP contribution is 2.15. The van der Waals surface area contributed by atoms with Crippen LogP contribution in [0.2, 0.25) is 0 Å². The molecule has 1 rings (SSSR count). The number of aliphatic hydroxyl groups excluding tert-OH is 1. The average Bonchev–Trinajstić information content (AvgIpc) is 2.38. The molecule has 0 amide bonds. The van der Waals surface area contributed by atoms with Crippen LogP contribution in [0, 0.1) is 0 Å². The Morgan fingerprint density at radius 1 is 1.11 bits per heavy atom. The molecule has 0 spiro atoms. The van der Waals surface area contributed by atoms with Crippen LogP contribution in [-0.4, -0.2) is 16.2 Å². The fraction of sp³-hybridized carbons (Fsp3) is 0.533. The van der Waals surface area contributed by atoms with Crippen molar-refractivity contribution >= 4 is 5.97 Å². The van der Waals surface area contributed by atoms with Gasteiger partial charge in [-0.2, -0.15) is 0 Å². The number of carboxylic acid groups (broad SMARTS) is 1. The maximum Gasteiger partial charge on any atom is 0.337 e. The van der Waals surface area contributed by atoms with Crippen molar-refractivity contribution < 1.29 is 15.0 Å². The van der Waals surface area contributed by atoms with E-state index in [1.165, 1.54) is 37.7 Å². The lowest BCUT2D eigenvalue weighted by Crippen LogP contribution is -2.10. The quantitative estimate of drug-likeness (QED) is 0.696. The molecule has 0 saturated carbocycles. The lowest BCUT2D eigenvalue weighted by atomic mass is 10.0. The van der Waals surface area contributed by atoms with Crippen molar-refractivity contribution in [2.45, 2.75) is 51.6 Å². The number of hydrogen-bond acceptors (Lipinski definition) is 2. The number of benzene rings is 1. The van der Waals surface area contributed by atoms with Gasteiger partial charge < -0.3 is 10.2 Å². The van der Waals surface area contributed by atoms with Gasteiger partial charge in [-0.25, -0.2) is 4.79 Å². The molecular formula is C15H22O3. The Morgan fingerprint density at radius 3 is 2.28 bits per heavy atom. The average molecular weight is 250 g/mol. The summed E-state index contributed by atoms with van der Waals surface area (Å²) < 4.78 is 0. The fourth-order valence-electron chi connectivity index (χ4n) is 1.94.